The molecule has 1 atom stereocenters. The molecule has 1 aromatic carbocycles. The summed E-state index contributed by atoms with van der Waals surface area (Å²) < 4.78 is 39.5. The maximum atomic E-state index is 14.1. The average Bonchev–Trinajstić information content (AvgIpc) is 3.02. The van der Waals surface area contributed by atoms with Gasteiger partial charge in [-0.15, -0.1) is 0 Å². The second kappa shape index (κ2) is 6.91. The molecule has 8 heteroatoms. The summed E-state index contributed by atoms with van der Waals surface area (Å²) in [6.07, 6.45) is 3.53. The zero-order chi connectivity index (χ0) is 17.0. The van der Waals surface area contributed by atoms with E-state index in [9.17, 15) is 17.6 Å². The predicted molar refractivity (Wildman–Crippen MR) is 85.7 cm³/mol. The monoisotopic (exact) mass is 339 g/mol. The molecule has 0 radical (unpaired) electrons. The lowest BCUT2D eigenvalue weighted by Gasteiger charge is -2.16. The van der Waals surface area contributed by atoms with Crippen molar-refractivity contribution < 1.29 is 17.6 Å². The van der Waals surface area contributed by atoms with E-state index in [0.717, 1.165) is 0 Å². The van der Waals surface area contributed by atoms with Crippen molar-refractivity contribution in [2.24, 2.45) is 0 Å². The van der Waals surface area contributed by atoms with Crippen molar-refractivity contribution >= 4 is 21.4 Å². The Morgan fingerprint density at radius 1 is 1.39 bits per heavy atom. The number of benzene rings is 1. The zero-order valence-electron chi connectivity index (χ0n) is 12.9. The maximum Gasteiger partial charge on any atom is 0.242 e. The van der Waals surface area contributed by atoms with Crippen molar-refractivity contribution in [3.8, 4) is 5.69 Å². The lowest BCUT2D eigenvalue weighted by molar-refractivity contribution is -0.115. The highest BCUT2D eigenvalue weighted by molar-refractivity contribution is 7.92. The highest BCUT2D eigenvalue weighted by Crippen LogP contribution is 2.24. The first-order valence-corrected chi connectivity index (χ1v) is 8.89. The summed E-state index contributed by atoms with van der Waals surface area (Å²) in [5, 5.41) is 5.12. The number of rotatable bonds is 6. The molecule has 6 nitrogen and oxygen atoms in total. The summed E-state index contributed by atoms with van der Waals surface area (Å²) in [4.78, 5) is 12.2. The SMILES string of the molecule is CCCS(=O)(=O)[C@H](C)C(=O)Nc1c(F)cccc1-n1cccn1. The fraction of sp³-hybridized carbons (Fsp3) is 0.333. The molecule has 124 valence electrons. The van der Waals surface area contributed by atoms with Gasteiger partial charge in [-0.25, -0.2) is 17.5 Å². The molecule has 1 amide bonds. The third-order valence-corrected chi connectivity index (χ3v) is 5.66. The predicted octanol–water partition coefficient (Wildman–Crippen LogP) is 2.16. The van der Waals surface area contributed by atoms with Gasteiger partial charge in [0.25, 0.3) is 0 Å². The van der Waals surface area contributed by atoms with Gasteiger partial charge in [0, 0.05) is 12.4 Å². The molecule has 1 aromatic heterocycles. The van der Waals surface area contributed by atoms with E-state index in [1.165, 1.54) is 29.9 Å². The first-order chi connectivity index (χ1) is 10.9. The lowest BCUT2D eigenvalue weighted by atomic mass is 10.2. The first kappa shape index (κ1) is 17.1. The molecule has 0 spiro atoms. The second-order valence-electron chi connectivity index (χ2n) is 5.08. The third-order valence-electron chi connectivity index (χ3n) is 3.39. The van der Waals surface area contributed by atoms with Gasteiger partial charge >= 0.3 is 0 Å². The highest BCUT2D eigenvalue weighted by Gasteiger charge is 2.28. The van der Waals surface area contributed by atoms with Crippen LogP contribution in [0.1, 0.15) is 20.3 Å². The lowest BCUT2D eigenvalue weighted by Crippen LogP contribution is -2.34. The molecule has 2 aromatic rings. The Labute approximate surface area is 134 Å². The van der Waals surface area contributed by atoms with Crippen molar-refractivity contribution in [1.82, 2.24) is 9.78 Å². The Balaban J connectivity index is 2.32. The quantitative estimate of drug-likeness (QED) is 0.874. The number of halogens is 1. The number of anilines is 1. The van der Waals surface area contributed by atoms with Gasteiger partial charge in [-0.05, 0) is 31.5 Å². The van der Waals surface area contributed by atoms with Crippen LogP contribution >= 0.6 is 0 Å². The van der Waals surface area contributed by atoms with Crippen LogP contribution in [0.2, 0.25) is 0 Å². The van der Waals surface area contributed by atoms with Crippen LogP contribution in [0, 0.1) is 5.82 Å². The van der Waals surface area contributed by atoms with Crippen molar-refractivity contribution in [2.75, 3.05) is 11.1 Å². The van der Waals surface area contributed by atoms with E-state index in [4.69, 9.17) is 0 Å². The molecule has 0 aliphatic heterocycles. The minimum absolute atomic E-state index is 0.0924. The Morgan fingerprint density at radius 3 is 2.74 bits per heavy atom. The van der Waals surface area contributed by atoms with Gasteiger partial charge in [0.1, 0.15) is 16.8 Å². The van der Waals surface area contributed by atoms with Crippen LogP contribution in [-0.4, -0.2) is 35.1 Å². The van der Waals surface area contributed by atoms with Crippen LogP contribution in [0.5, 0.6) is 0 Å². The van der Waals surface area contributed by atoms with E-state index in [1.54, 1.807) is 25.3 Å². The topological polar surface area (TPSA) is 81.1 Å². The van der Waals surface area contributed by atoms with Gasteiger partial charge in [-0.3, -0.25) is 4.79 Å². The summed E-state index contributed by atoms with van der Waals surface area (Å²) in [6.45, 7) is 3.02. The van der Waals surface area contributed by atoms with Crippen LogP contribution < -0.4 is 5.32 Å². The molecule has 0 fully saturated rings. The number of hydrogen-bond acceptors (Lipinski definition) is 4. The molecule has 23 heavy (non-hydrogen) atoms. The number of aromatic nitrogens is 2. The van der Waals surface area contributed by atoms with E-state index < -0.39 is 26.8 Å². The summed E-state index contributed by atoms with van der Waals surface area (Å²) in [7, 11) is -3.57. The molecular formula is C15H18FN3O3S. The number of nitrogens with zero attached hydrogens (tertiary/aromatic N) is 2. The molecule has 0 unspecified atom stereocenters. The number of nitrogens with one attached hydrogen (secondary N) is 1. The van der Waals surface area contributed by atoms with Gasteiger partial charge in [-0.2, -0.15) is 5.10 Å². The molecule has 0 aliphatic carbocycles. The van der Waals surface area contributed by atoms with E-state index in [1.807, 2.05) is 0 Å². The standard InChI is InChI=1S/C15H18FN3O3S/c1-3-10-23(21,22)11(2)15(20)18-14-12(16)6-4-7-13(14)19-9-5-8-17-19/h4-9,11H,3,10H2,1-2H3,(H,18,20)/t11-/m1/s1. The zero-order valence-corrected chi connectivity index (χ0v) is 13.7. The van der Waals surface area contributed by atoms with E-state index in [0.29, 0.717) is 12.1 Å². The molecule has 1 N–H and O–H groups in total. The van der Waals surface area contributed by atoms with Crippen molar-refractivity contribution in [1.29, 1.82) is 0 Å². The van der Waals surface area contributed by atoms with Crippen LogP contribution in [0.25, 0.3) is 5.69 Å². The molecule has 2 rings (SSSR count). The number of carbonyl (C=O) groups is 1. The highest BCUT2D eigenvalue weighted by atomic mass is 32.2. The fourth-order valence-electron chi connectivity index (χ4n) is 2.09. The van der Waals surface area contributed by atoms with Gasteiger partial charge < -0.3 is 5.32 Å². The largest absolute Gasteiger partial charge is 0.321 e. The molecule has 0 saturated carbocycles. The van der Waals surface area contributed by atoms with Crippen molar-refractivity contribution in [3.05, 3.63) is 42.5 Å². The minimum Gasteiger partial charge on any atom is -0.321 e. The maximum absolute atomic E-state index is 14.1. The van der Waals surface area contributed by atoms with Crippen LogP contribution in [-0.2, 0) is 14.6 Å². The Bertz CT molecular complexity index is 788. The van der Waals surface area contributed by atoms with Gasteiger partial charge in [0.15, 0.2) is 9.84 Å². The van der Waals surface area contributed by atoms with Crippen LogP contribution in [0.15, 0.2) is 36.7 Å². The fourth-order valence-corrected chi connectivity index (χ4v) is 3.40. The van der Waals surface area contributed by atoms with Crippen LogP contribution in [0.3, 0.4) is 0 Å². The Kier molecular flexibility index (Phi) is 5.15. The second-order valence-corrected chi connectivity index (χ2v) is 7.52. The summed E-state index contributed by atoms with van der Waals surface area (Å²) in [5.41, 5.74) is 0.225. The molecule has 0 saturated heterocycles. The number of amides is 1. The molecule has 0 aliphatic rings. The summed E-state index contributed by atoms with van der Waals surface area (Å²) in [6, 6.07) is 5.91. The van der Waals surface area contributed by atoms with Crippen molar-refractivity contribution in [3.63, 3.8) is 0 Å². The number of para-hydroxylation sites is 1. The van der Waals surface area contributed by atoms with Crippen molar-refractivity contribution in [2.45, 2.75) is 25.5 Å². The molecule has 1 heterocycles. The number of hydrogen-bond donors (Lipinski definition) is 1. The third kappa shape index (κ3) is 3.76. The van der Waals surface area contributed by atoms with E-state index >= 15 is 0 Å². The van der Waals surface area contributed by atoms with E-state index in [-0.39, 0.29) is 11.4 Å². The summed E-state index contributed by atoms with van der Waals surface area (Å²) in [5.74, 6) is -1.52. The van der Waals surface area contributed by atoms with Gasteiger partial charge in [-0.1, -0.05) is 13.0 Å². The van der Waals surface area contributed by atoms with Gasteiger partial charge in [0.2, 0.25) is 5.91 Å². The minimum atomic E-state index is -3.57. The molecular weight excluding hydrogens is 321 g/mol. The molecule has 0 bridgehead atoms. The average molecular weight is 339 g/mol. The van der Waals surface area contributed by atoms with E-state index in [2.05, 4.69) is 10.4 Å². The van der Waals surface area contributed by atoms with Crippen LogP contribution in [0.4, 0.5) is 10.1 Å². The number of sulfone groups is 1. The number of carbonyl (C=O) groups excluding carboxylic acids is 1. The normalized spacial score (nSPS) is 12.8. The van der Waals surface area contributed by atoms with Gasteiger partial charge in [0.05, 0.1) is 11.4 Å². The Morgan fingerprint density at radius 2 is 2.13 bits per heavy atom. The smallest absolute Gasteiger partial charge is 0.242 e. The summed E-state index contributed by atoms with van der Waals surface area (Å²) >= 11 is 0. The Hall–Kier alpha value is -2.22. The first-order valence-electron chi connectivity index (χ1n) is 7.17.